The van der Waals surface area contributed by atoms with E-state index in [0.717, 1.165) is 37.6 Å². The number of hydrogen-bond acceptors (Lipinski definition) is 5. The Balaban J connectivity index is 1.40. The first-order valence-electron chi connectivity index (χ1n) is 10.5. The zero-order chi connectivity index (χ0) is 22.7. The zero-order valence-electron chi connectivity index (χ0n) is 18.0. The van der Waals surface area contributed by atoms with Crippen molar-refractivity contribution in [2.45, 2.75) is 13.8 Å². The van der Waals surface area contributed by atoms with Gasteiger partial charge in [0.25, 0.3) is 5.91 Å². The Labute approximate surface area is 191 Å². The second kappa shape index (κ2) is 9.40. The van der Waals surface area contributed by atoms with Gasteiger partial charge in [-0.3, -0.25) is 14.2 Å². The molecular formula is C23H25ClN6O2. The molecule has 0 bridgehead atoms. The van der Waals surface area contributed by atoms with Crippen LogP contribution in [0.15, 0.2) is 55.1 Å². The van der Waals surface area contributed by atoms with Crippen LogP contribution in [0.25, 0.3) is 5.69 Å². The first-order valence-corrected chi connectivity index (χ1v) is 10.9. The van der Waals surface area contributed by atoms with Gasteiger partial charge in [0.2, 0.25) is 5.91 Å². The fourth-order valence-electron chi connectivity index (χ4n) is 3.69. The highest BCUT2D eigenvalue weighted by molar-refractivity contribution is 6.34. The summed E-state index contributed by atoms with van der Waals surface area (Å²) in [5, 5.41) is 10.8. The number of carbonyl (C=O) groups excluding carboxylic acids is 2. The maximum absolute atomic E-state index is 12.8. The molecule has 1 aliphatic heterocycles. The van der Waals surface area contributed by atoms with E-state index in [2.05, 4.69) is 20.4 Å². The summed E-state index contributed by atoms with van der Waals surface area (Å²) in [7, 11) is 0. The van der Waals surface area contributed by atoms with Crippen molar-refractivity contribution in [3.05, 3.63) is 65.7 Å². The van der Waals surface area contributed by atoms with Crippen LogP contribution in [0.2, 0.25) is 5.02 Å². The van der Waals surface area contributed by atoms with Crippen molar-refractivity contribution in [3.8, 4) is 5.69 Å². The smallest absolute Gasteiger partial charge is 0.257 e. The molecule has 32 heavy (non-hydrogen) atoms. The summed E-state index contributed by atoms with van der Waals surface area (Å²) >= 11 is 6.26. The summed E-state index contributed by atoms with van der Waals surface area (Å²) in [5.74, 6) is -0.0662. The van der Waals surface area contributed by atoms with Crippen LogP contribution in [0, 0.1) is 5.92 Å². The Kier molecular flexibility index (Phi) is 6.41. The lowest BCUT2D eigenvalue weighted by Gasteiger charge is -2.37. The lowest BCUT2D eigenvalue weighted by Crippen LogP contribution is -2.49. The number of hydrogen-bond donors (Lipinski definition) is 1. The number of aromatic nitrogens is 3. The largest absolute Gasteiger partial charge is 0.368 e. The van der Waals surface area contributed by atoms with Crippen LogP contribution in [-0.4, -0.2) is 57.7 Å². The Bertz CT molecular complexity index is 1090. The van der Waals surface area contributed by atoms with Crippen molar-refractivity contribution < 1.29 is 9.59 Å². The molecule has 166 valence electrons. The van der Waals surface area contributed by atoms with Crippen LogP contribution in [-0.2, 0) is 4.79 Å². The fourth-order valence-corrected chi connectivity index (χ4v) is 3.89. The van der Waals surface area contributed by atoms with E-state index >= 15 is 0 Å². The van der Waals surface area contributed by atoms with Crippen molar-refractivity contribution in [2.24, 2.45) is 5.92 Å². The summed E-state index contributed by atoms with van der Waals surface area (Å²) in [6, 6.07) is 12.9. The van der Waals surface area contributed by atoms with Gasteiger partial charge in [-0.15, -0.1) is 10.2 Å². The topological polar surface area (TPSA) is 83.4 Å². The van der Waals surface area contributed by atoms with E-state index < -0.39 is 0 Å². The van der Waals surface area contributed by atoms with E-state index in [9.17, 15) is 9.59 Å². The molecule has 9 heteroatoms. The number of amides is 2. The second-order valence-electron chi connectivity index (χ2n) is 8.00. The summed E-state index contributed by atoms with van der Waals surface area (Å²) in [6.45, 7) is 6.87. The quantitative estimate of drug-likeness (QED) is 0.640. The molecule has 0 saturated carbocycles. The van der Waals surface area contributed by atoms with Gasteiger partial charge in [-0.05, 0) is 42.5 Å². The molecule has 0 aliphatic carbocycles. The van der Waals surface area contributed by atoms with Crippen LogP contribution in [0.4, 0.5) is 11.4 Å². The van der Waals surface area contributed by atoms with E-state index in [1.807, 2.05) is 43.0 Å². The minimum absolute atomic E-state index is 0.0234. The first kappa shape index (κ1) is 21.8. The number of nitrogens with one attached hydrogen (secondary N) is 1. The van der Waals surface area contributed by atoms with Crippen LogP contribution >= 0.6 is 11.6 Å². The number of nitrogens with zero attached hydrogens (tertiary/aromatic N) is 5. The summed E-state index contributed by atoms with van der Waals surface area (Å²) in [5.41, 5.74) is 2.85. The number of carbonyl (C=O) groups is 2. The fraction of sp³-hybridized carbons (Fsp3) is 0.304. The highest BCUT2D eigenvalue weighted by Gasteiger charge is 2.23. The van der Waals surface area contributed by atoms with E-state index in [0.29, 0.717) is 16.3 Å². The van der Waals surface area contributed by atoms with Gasteiger partial charge < -0.3 is 15.1 Å². The molecule has 2 amide bonds. The maximum atomic E-state index is 12.8. The van der Waals surface area contributed by atoms with Gasteiger partial charge in [0.05, 0.1) is 10.6 Å². The summed E-state index contributed by atoms with van der Waals surface area (Å²) in [4.78, 5) is 29.2. The third-order valence-corrected chi connectivity index (χ3v) is 5.82. The summed E-state index contributed by atoms with van der Waals surface area (Å²) in [6.07, 6.45) is 3.12. The molecule has 1 saturated heterocycles. The van der Waals surface area contributed by atoms with Crippen molar-refractivity contribution in [2.75, 3.05) is 36.4 Å². The Morgan fingerprint density at radius 2 is 1.56 bits per heavy atom. The van der Waals surface area contributed by atoms with Gasteiger partial charge in [0, 0.05) is 49.2 Å². The molecular weight excluding hydrogens is 428 g/mol. The molecule has 0 radical (unpaired) electrons. The van der Waals surface area contributed by atoms with E-state index in [1.54, 1.807) is 35.4 Å². The molecule has 4 rings (SSSR count). The summed E-state index contributed by atoms with van der Waals surface area (Å²) < 4.78 is 1.70. The van der Waals surface area contributed by atoms with Crippen LogP contribution in [0.5, 0.6) is 0 Å². The van der Waals surface area contributed by atoms with Gasteiger partial charge in [0.15, 0.2) is 0 Å². The van der Waals surface area contributed by atoms with Gasteiger partial charge in [-0.25, -0.2) is 0 Å². The van der Waals surface area contributed by atoms with E-state index in [4.69, 9.17) is 11.6 Å². The average molecular weight is 453 g/mol. The molecule has 1 fully saturated rings. The predicted molar refractivity (Wildman–Crippen MR) is 124 cm³/mol. The Morgan fingerprint density at radius 3 is 2.19 bits per heavy atom. The standard InChI is InChI=1S/C23H25ClN6O2/c1-16(2)23(32)29-11-9-28(10-12-29)18-5-3-17(4-6-18)27-22(31)20-13-19(7-8-21(20)24)30-14-25-26-15-30/h3-8,13-16H,9-12H2,1-2H3,(H,27,31). The first-order chi connectivity index (χ1) is 15.4. The van der Waals surface area contributed by atoms with Crippen molar-refractivity contribution in [1.82, 2.24) is 19.7 Å². The number of rotatable bonds is 5. The number of piperazine rings is 1. The van der Waals surface area contributed by atoms with E-state index in [1.165, 1.54) is 0 Å². The highest BCUT2D eigenvalue weighted by Crippen LogP contribution is 2.23. The van der Waals surface area contributed by atoms with Crippen molar-refractivity contribution in [3.63, 3.8) is 0 Å². The Hall–Kier alpha value is -3.39. The minimum Gasteiger partial charge on any atom is -0.368 e. The van der Waals surface area contributed by atoms with E-state index in [-0.39, 0.29) is 17.7 Å². The van der Waals surface area contributed by atoms with Crippen LogP contribution in [0.1, 0.15) is 24.2 Å². The molecule has 0 atom stereocenters. The SMILES string of the molecule is CC(C)C(=O)N1CCN(c2ccc(NC(=O)c3cc(-n4cnnc4)ccc3Cl)cc2)CC1. The molecule has 1 N–H and O–H groups in total. The maximum Gasteiger partial charge on any atom is 0.257 e. The van der Waals surface area contributed by atoms with Gasteiger partial charge in [-0.2, -0.15) is 0 Å². The monoisotopic (exact) mass is 452 g/mol. The average Bonchev–Trinajstić information content (AvgIpc) is 3.34. The predicted octanol–water partition coefficient (Wildman–Crippen LogP) is 3.48. The van der Waals surface area contributed by atoms with Crippen LogP contribution < -0.4 is 10.2 Å². The number of benzene rings is 2. The van der Waals surface area contributed by atoms with Gasteiger partial charge in [0.1, 0.15) is 12.7 Å². The molecule has 2 aromatic carbocycles. The molecule has 1 aliphatic rings. The highest BCUT2D eigenvalue weighted by atomic mass is 35.5. The lowest BCUT2D eigenvalue weighted by atomic mass is 10.1. The zero-order valence-corrected chi connectivity index (χ0v) is 18.8. The Morgan fingerprint density at radius 1 is 0.938 bits per heavy atom. The van der Waals surface area contributed by atoms with Crippen LogP contribution in [0.3, 0.4) is 0 Å². The molecule has 0 unspecified atom stereocenters. The van der Waals surface area contributed by atoms with Crippen molar-refractivity contribution >= 4 is 34.8 Å². The molecule has 1 aromatic heterocycles. The normalized spacial score (nSPS) is 14.0. The van der Waals surface area contributed by atoms with Gasteiger partial charge in [-0.1, -0.05) is 25.4 Å². The molecule has 8 nitrogen and oxygen atoms in total. The third-order valence-electron chi connectivity index (χ3n) is 5.49. The third kappa shape index (κ3) is 4.75. The van der Waals surface area contributed by atoms with Gasteiger partial charge >= 0.3 is 0 Å². The minimum atomic E-state index is -0.293. The number of anilines is 2. The molecule has 0 spiro atoms. The molecule has 3 aromatic rings. The second-order valence-corrected chi connectivity index (χ2v) is 8.41. The number of halogens is 1. The molecule has 2 heterocycles. The lowest BCUT2D eigenvalue weighted by molar-refractivity contribution is -0.134. The van der Waals surface area contributed by atoms with Crippen molar-refractivity contribution in [1.29, 1.82) is 0 Å².